The number of nitrogens with zero attached hydrogens (tertiary/aromatic N) is 1. The summed E-state index contributed by atoms with van der Waals surface area (Å²) in [5, 5.41) is 11.1. The molecular weight excluding hydrogens is 570 g/mol. The summed E-state index contributed by atoms with van der Waals surface area (Å²) < 4.78 is 20.1. The molecule has 0 atom stereocenters. The zero-order chi connectivity index (χ0) is 25.1. The molecule has 4 amide bonds. The molecule has 1 heterocycles. The normalized spacial score (nSPS) is 14.7. The van der Waals surface area contributed by atoms with E-state index in [9.17, 15) is 23.6 Å². The molecule has 3 aromatic carbocycles. The Kier molecular flexibility index (Phi) is 6.92. The van der Waals surface area contributed by atoms with Crippen molar-refractivity contribution < 1.29 is 33.4 Å². The molecule has 0 unspecified atom stereocenters. The van der Waals surface area contributed by atoms with Gasteiger partial charge in [-0.3, -0.25) is 14.9 Å². The molecule has 0 radical (unpaired) electrons. The number of carbonyl (C=O) groups excluding carboxylic acids is 3. The first-order valence-corrected chi connectivity index (χ1v) is 11.2. The third-order valence-electron chi connectivity index (χ3n) is 5.03. The molecule has 0 aliphatic carbocycles. The summed E-state index contributed by atoms with van der Waals surface area (Å²) in [4.78, 5) is 49.2. The second-order valence-corrected chi connectivity index (χ2v) is 8.58. The Hall–Kier alpha value is -4.06. The molecule has 35 heavy (non-hydrogen) atoms. The number of benzene rings is 3. The number of anilines is 1. The van der Waals surface area contributed by atoms with Crippen LogP contribution in [0.4, 0.5) is 14.9 Å². The third-order valence-corrected chi connectivity index (χ3v) is 5.87. The second-order valence-electron chi connectivity index (χ2n) is 7.42. The van der Waals surface area contributed by atoms with E-state index >= 15 is 0 Å². The molecule has 1 saturated heterocycles. The standard InChI is InChI=1S/C25H16FIN2O6/c26-17-2-1-3-18(12-17)29-23(31)19(22(30)28-25(29)34)10-15-6-9-21(20(27)11-15)35-13-14-4-7-16(8-5-14)24(32)33/h1-12H,13H2,(H,32,33)(H,28,30,34)/b19-10+. The van der Waals surface area contributed by atoms with Crippen LogP contribution in [0.2, 0.25) is 0 Å². The molecule has 1 aliphatic rings. The molecule has 10 heteroatoms. The number of halogens is 2. The van der Waals surface area contributed by atoms with Gasteiger partial charge in [0, 0.05) is 0 Å². The topological polar surface area (TPSA) is 113 Å². The second kappa shape index (κ2) is 10.1. The van der Waals surface area contributed by atoms with Gasteiger partial charge in [-0.15, -0.1) is 0 Å². The minimum absolute atomic E-state index is 0.000570. The predicted octanol–water partition coefficient (Wildman–Crippen LogP) is 4.37. The van der Waals surface area contributed by atoms with Crippen LogP contribution in [0.15, 0.2) is 72.3 Å². The number of rotatable bonds is 6. The molecule has 1 fully saturated rings. The molecule has 0 saturated carbocycles. The molecule has 0 aromatic heterocycles. The van der Waals surface area contributed by atoms with E-state index in [1.807, 2.05) is 22.6 Å². The Morgan fingerprint density at radius 3 is 2.46 bits per heavy atom. The maximum Gasteiger partial charge on any atom is 0.335 e. The van der Waals surface area contributed by atoms with E-state index in [1.54, 1.807) is 30.3 Å². The zero-order valence-corrected chi connectivity index (χ0v) is 20.0. The van der Waals surface area contributed by atoms with Crippen LogP contribution in [0.5, 0.6) is 5.75 Å². The van der Waals surface area contributed by atoms with Gasteiger partial charge in [0.2, 0.25) is 0 Å². The van der Waals surface area contributed by atoms with Crippen molar-refractivity contribution in [2.75, 3.05) is 4.90 Å². The molecule has 4 rings (SSSR count). The first-order valence-electron chi connectivity index (χ1n) is 10.1. The van der Waals surface area contributed by atoms with Crippen molar-refractivity contribution in [3.63, 3.8) is 0 Å². The van der Waals surface area contributed by atoms with Crippen LogP contribution >= 0.6 is 22.6 Å². The maximum atomic E-state index is 13.6. The smallest absolute Gasteiger partial charge is 0.335 e. The van der Waals surface area contributed by atoms with Crippen LogP contribution in [0.25, 0.3) is 6.08 Å². The van der Waals surface area contributed by atoms with Gasteiger partial charge in [0.05, 0.1) is 14.8 Å². The Bertz CT molecular complexity index is 1390. The van der Waals surface area contributed by atoms with Gasteiger partial charge in [-0.05, 0) is 82.3 Å². The number of nitrogens with one attached hydrogen (secondary N) is 1. The number of hydrogen-bond donors (Lipinski definition) is 2. The number of carboxylic acid groups (broad SMARTS) is 1. The monoisotopic (exact) mass is 586 g/mol. The summed E-state index contributed by atoms with van der Waals surface area (Å²) >= 11 is 2.04. The van der Waals surface area contributed by atoms with Crippen LogP contribution < -0.4 is 15.0 Å². The molecular formula is C25H16FIN2O6. The summed E-state index contributed by atoms with van der Waals surface area (Å²) in [6.45, 7) is 0.210. The molecule has 1 aliphatic heterocycles. The quantitative estimate of drug-likeness (QED) is 0.252. The van der Waals surface area contributed by atoms with Gasteiger partial charge in [0.25, 0.3) is 11.8 Å². The number of aromatic carboxylic acids is 1. The lowest BCUT2D eigenvalue weighted by Gasteiger charge is -2.26. The van der Waals surface area contributed by atoms with Crippen molar-refractivity contribution >= 4 is 58.2 Å². The van der Waals surface area contributed by atoms with Gasteiger partial charge >= 0.3 is 12.0 Å². The largest absolute Gasteiger partial charge is 0.488 e. The highest BCUT2D eigenvalue weighted by molar-refractivity contribution is 14.1. The van der Waals surface area contributed by atoms with Crippen molar-refractivity contribution in [1.29, 1.82) is 0 Å². The number of carbonyl (C=O) groups is 4. The molecule has 0 bridgehead atoms. The van der Waals surface area contributed by atoms with Crippen LogP contribution in [0, 0.1) is 9.39 Å². The van der Waals surface area contributed by atoms with Gasteiger partial charge in [-0.25, -0.2) is 18.9 Å². The summed E-state index contributed by atoms with van der Waals surface area (Å²) in [5.74, 6) is -2.82. The number of amides is 4. The van der Waals surface area contributed by atoms with E-state index in [4.69, 9.17) is 9.84 Å². The maximum absolute atomic E-state index is 13.6. The highest BCUT2D eigenvalue weighted by Gasteiger charge is 2.36. The first kappa shape index (κ1) is 24.1. The van der Waals surface area contributed by atoms with Crippen molar-refractivity contribution in [3.05, 3.63) is 98.4 Å². The molecule has 8 nitrogen and oxygen atoms in total. The highest BCUT2D eigenvalue weighted by Crippen LogP contribution is 2.26. The lowest BCUT2D eigenvalue weighted by molar-refractivity contribution is -0.122. The van der Waals surface area contributed by atoms with E-state index in [2.05, 4.69) is 5.32 Å². The number of barbiturate groups is 1. The molecule has 176 valence electrons. The average Bonchev–Trinajstić information content (AvgIpc) is 2.81. The van der Waals surface area contributed by atoms with Crippen molar-refractivity contribution in [1.82, 2.24) is 5.32 Å². The molecule has 0 spiro atoms. The van der Waals surface area contributed by atoms with Gasteiger partial charge < -0.3 is 9.84 Å². The number of ether oxygens (including phenoxy) is 1. The van der Waals surface area contributed by atoms with E-state index in [0.29, 0.717) is 19.8 Å². The SMILES string of the molecule is O=C1NC(=O)N(c2cccc(F)c2)C(=O)/C1=C/c1ccc(OCc2ccc(C(=O)O)cc2)c(I)c1. The van der Waals surface area contributed by atoms with Gasteiger partial charge in [0.1, 0.15) is 23.7 Å². The van der Waals surface area contributed by atoms with E-state index < -0.39 is 29.6 Å². The fraction of sp³-hybridized carbons (Fsp3) is 0.0400. The van der Waals surface area contributed by atoms with Gasteiger partial charge in [-0.2, -0.15) is 0 Å². The lowest BCUT2D eigenvalue weighted by atomic mass is 10.1. The van der Waals surface area contributed by atoms with Crippen LogP contribution in [-0.4, -0.2) is 28.9 Å². The number of hydrogen-bond acceptors (Lipinski definition) is 5. The number of imide groups is 2. The first-order chi connectivity index (χ1) is 16.7. The third kappa shape index (κ3) is 5.38. The lowest BCUT2D eigenvalue weighted by Crippen LogP contribution is -2.54. The van der Waals surface area contributed by atoms with Crippen molar-refractivity contribution in [2.45, 2.75) is 6.61 Å². The van der Waals surface area contributed by atoms with Crippen molar-refractivity contribution in [2.24, 2.45) is 0 Å². The van der Waals surface area contributed by atoms with Gasteiger partial charge in [0.15, 0.2) is 0 Å². The van der Waals surface area contributed by atoms with Crippen LogP contribution in [-0.2, 0) is 16.2 Å². The number of carboxylic acids is 1. The average molecular weight is 586 g/mol. The zero-order valence-electron chi connectivity index (χ0n) is 17.8. The Morgan fingerprint density at radius 1 is 1.06 bits per heavy atom. The Labute approximate surface area is 212 Å². The minimum Gasteiger partial charge on any atom is -0.488 e. The molecule has 2 N–H and O–H groups in total. The van der Waals surface area contributed by atoms with E-state index in [-0.39, 0.29) is 23.4 Å². The van der Waals surface area contributed by atoms with E-state index in [0.717, 1.165) is 11.6 Å². The summed E-state index contributed by atoms with van der Waals surface area (Å²) in [6.07, 6.45) is 1.34. The van der Waals surface area contributed by atoms with Gasteiger partial charge in [-0.1, -0.05) is 24.3 Å². The number of urea groups is 1. The fourth-order valence-electron chi connectivity index (χ4n) is 3.30. The van der Waals surface area contributed by atoms with Crippen LogP contribution in [0.1, 0.15) is 21.5 Å². The van der Waals surface area contributed by atoms with E-state index in [1.165, 1.54) is 36.4 Å². The van der Waals surface area contributed by atoms with Crippen molar-refractivity contribution in [3.8, 4) is 5.75 Å². The summed E-state index contributed by atoms with van der Waals surface area (Å²) in [7, 11) is 0. The van der Waals surface area contributed by atoms with Crippen LogP contribution in [0.3, 0.4) is 0 Å². The highest BCUT2D eigenvalue weighted by atomic mass is 127. The fourth-order valence-corrected chi connectivity index (χ4v) is 4.00. The summed E-state index contributed by atoms with van der Waals surface area (Å²) in [5.41, 5.74) is 1.19. The molecule has 3 aromatic rings. The Balaban J connectivity index is 1.53. The minimum atomic E-state index is -1.01. The summed E-state index contributed by atoms with van der Waals surface area (Å²) in [6, 6.07) is 15.3. The Morgan fingerprint density at radius 2 is 1.80 bits per heavy atom. The predicted molar refractivity (Wildman–Crippen MR) is 132 cm³/mol.